The Morgan fingerprint density at radius 3 is 2.73 bits per heavy atom. The van der Waals surface area contributed by atoms with E-state index in [0.717, 1.165) is 22.5 Å². The van der Waals surface area contributed by atoms with Gasteiger partial charge in [-0.3, -0.25) is 14.1 Å². The van der Waals surface area contributed by atoms with E-state index in [-0.39, 0.29) is 5.56 Å². The number of hydrogen-bond donors (Lipinski definition) is 0. The Bertz CT molecular complexity index is 967. The monoisotopic (exact) mass is 413 g/mol. The van der Waals surface area contributed by atoms with E-state index in [0.29, 0.717) is 18.8 Å². The molecule has 0 amide bonds. The highest BCUT2D eigenvalue weighted by molar-refractivity contribution is 9.10. The molecule has 0 saturated heterocycles. The first-order valence-electron chi connectivity index (χ1n) is 8.24. The van der Waals surface area contributed by atoms with E-state index >= 15 is 0 Å². The second-order valence-electron chi connectivity index (χ2n) is 6.08. The molecule has 2 aromatic heterocycles. The second-order valence-corrected chi connectivity index (χ2v) is 6.99. The lowest BCUT2D eigenvalue weighted by atomic mass is 10.2. The van der Waals surface area contributed by atoms with E-state index < -0.39 is 0 Å². The molecule has 3 aromatic rings. The third-order valence-corrected chi connectivity index (χ3v) is 4.32. The van der Waals surface area contributed by atoms with Crippen LogP contribution in [0, 0.1) is 0 Å². The maximum atomic E-state index is 12.3. The van der Waals surface area contributed by atoms with Gasteiger partial charge in [-0.25, -0.2) is 4.98 Å². The minimum absolute atomic E-state index is 0.0802. The fraction of sp³-hybridized carbons (Fsp3) is 0.200. The minimum Gasteiger partial charge on any atom is -0.490 e. The second kappa shape index (κ2) is 8.29. The summed E-state index contributed by atoms with van der Waals surface area (Å²) in [6.07, 6.45) is 3.45. The molecule has 0 radical (unpaired) electrons. The first kappa shape index (κ1) is 18.4. The highest BCUT2D eigenvalue weighted by atomic mass is 79.9. The maximum absolute atomic E-state index is 12.3. The van der Waals surface area contributed by atoms with Crippen LogP contribution in [-0.4, -0.2) is 27.9 Å². The predicted molar refractivity (Wildman–Crippen MR) is 106 cm³/mol. The van der Waals surface area contributed by atoms with E-state index in [1.807, 2.05) is 43.4 Å². The fourth-order valence-corrected chi connectivity index (χ4v) is 3.03. The molecule has 134 valence electrons. The van der Waals surface area contributed by atoms with Crippen LogP contribution in [0.4, 0.5) is 0 Å². The molecule has 0 aliphatic heterocycles. The van der Waals surface area contributed by atoms with Crippen molar-refractivity contribution in [1.29, 1.82) is 0 Å². The number of pyridine rings is 1. The van der Waals surface area contributed by atoms with Crippen LogP contribution in [0.5, 0.6) is 5.75 Å². The van der Waals surface area contributed by atoms with Crippen molar-refractivity contribution < 1.29 is 4.74 Å². The molecule has 5 nitrogen and oxygen atoms in total. The van der Waals surface area contributed by atoms with Crippen molar-refractivity contribution in [2.75, 3.05) is 13.7 Å². The Labute approximate surface area is 160 Å². The molecular formula is C20H20BrN3O2. The summed E-state index contributed by atoms with van der Waals surface area (Å²) in [5.41, 5.74) is 2.49. The van der Waals surface area contributed by atoms with Gasteiger partial charge in [-0.15, -0.1) is 0 Å². The molecule has 1 aromatic carbocycles. The molecule has 0 N–H and O–H groups in total. The fourth-order valence-electron chi connectivity index (χ4n) is 2.70. The maximum Gasteiger partial charge on any atom is 0.258 e. The summed E-state index contributed by atoms with van der Waals surface area (Å²) in [5, 5.41) is 0. The Morgan fingerprint density at radius 2 is 2.00 bits per heavy atom. The molecule has 6 heteroatoms. The van der Waals surface area contributed by atoms with Crippen LogP contribution in [0.3, 0.4) is 0 Å². The van der Waals surface area contributed by atoms with Crippen LogP contribution < -0.4 is 10.3 Å². The summed E-state index contributed by atoms with van der Waals surface area (Å²) in [4.78, 5) is 19.0. The van der Waals surface area contributed by atoms with Gasteiger partial charge in [-0.2, -0.15) is 0 Å². The molecule has 3 rings (SSSR count). The summed E-state index contributed by atoms with van der Waals surface area (Å²) < 4.78 is 7.87. The smallest absolute Gasteiger partial charge is 0.258 e. The highest BCUT2D eigenvalue weighted by Gasteiger charge is 2.07. The molecule has 0 fully saturated rings. The van der Waals surface area contributed by atoms with Crippen LogP contribution in [0.15, 0.2) is 70.6 Å². The number of halogens is 1. The molecule has 0 atom stereocenters. The molecule has 0 aliphatic rings. The molecule has 0 saturated carbocycles. The van der Waals surface area contributed by atoms with Gasteiger partial charge in [0.25, 0.3) is 5.56 Å². The Morgan fingerprint density at radius 1 is 1.23 bits per heavy atom. The first-order chi connectivity index (χ1) is 12.5. The van der Waals surface area contributed by atoms with E-state index in [1.54, 1.807) is 18.3 Å². The van der Waals surface area contributed by atoms with Gasteiger partial charge in [0.2, 0.25) is 0 Å². The summed E-state index contributed by atoms with van der Waals surface area (Å²) in [6, 6.07) is 13.3. The Hall–Kier alpha value is -2.44. The van der Waals surface area contributed by atoms with Gasteiger partial charge in [0.15, 0.2) is 0 Å². The summed E-state index contributed by atoms with van der Waals surface area (Å²) in [6.45, 7) is 5.48. The van der Waals surface area contributed by atoms with Crippen molar-refractivity contribution in [3.05, 3.63) is 87.4 Å². The number of aromatic nitrogens is 2. The molecule has 0 aliphatic carbocycles. The summed E-state index contributed by atoms with van der Waals surface area (Å²) in [5.74, 6) is 0.826. The number of hydrogen-bond acceptors (Lipinski definition) is 4. The lowest BCUT2D eigenvalue weighted by Crippen LogP contribution is -2.21. The van der Waals surface area contributed by atoms with Gasteiger partial charge >= 0.3 is 0 Å². The Balaban J connectivity index is 1.68. The molecule has 0 unspecified atom stereocenters. The van der Waals surface area contributed by atoms with E-state index in [1.165, 1.54) is 9.96 Å². The van der Waals surface area contributed by atoms with Crippen molar-refractivity contribution in [1.82, 2.24) is 14.3 Å². The lowest BCUT2D eigenvalue weighted by Gasteiger charge is -2.17. The van der Waals surface area contributed by atoms with Gasteiger partial charge in [0, 0.05) is 29.8 Å². The lowest BCUT2D eigenvalue weighted by molar-refractivity contribution is 0.314. The Kier molecular flexibility index (Phi) is 5.85. The molecule has 0 bridgehead atoms. The van der Waals surface area contributed by atoms with Crippen molar-refractivity contribution in [3.63, 3.8) is 0 Å². The van der Waals surface area contributed by atoms with Gasteiger partial charge in [-0.1, -0.05) is 24.8 Å². The van der Waals surface area contributed by atoms with Crippen molar-refractivity contribution in [3.8, 4) is 5.75 Å². The zero-order chi connectivity index (χ0) is 18.5. The molecule has 26 heavy (non-hydrogen) atoms. The number of benzene rings is 1. The van der Waals surface area contributed by atoms with Crippen molar-refractivity contribution >= 4 is 21.6 Å². The normalized spacial score (nSPS) is 11.0. The SMILES string of the molecule is C=CCOc1ccc(CN(C)Cc2cc(=O)n3cc(Br)ccc3n2)cc1. The quantitative estimate of drug-likeness (QED) is 0.554. The van der Waals surface area contributed by atoms with Crippen LogP contribution in [0.25, 0.3) is 5.65 Å². The summed E-state index contributed by atoms with van der Waals surface area (Å²) >= 11 is 3.37. The van der Waals surface area contributed by atoms with Gasteiger partial charge in [0.05, 0.1) is 5.69 Å². The first-order valence-corrected chi connectivity index (χ1v) is 9.03. The highest BCUT2D eigenvalue weighted by Crippen LogP contribution is 2.14. The standard InChI is InChI=1S/C20H20BrN3O2/c1-3-10-26-18-7-4-15(5-8-18)12-23(2)14-17-11-20(25)24-13-16(21)6-9-19(24)22-17/h3-9,11,13H,1,10,12,14H2,2H3. The number of ether oxygens (including phenoxy) is 1. The van der Waals surface area contributed by atoms with Gasteiger partial charge in [-0.05, 0) is 52.8 Å². The molecule has 0 spiro atoms. The van der Waals surface area contributed by atoms with Gasteiger partial charge < -0.3 is 4.74 Å². The third-order valence-electron chi connectivity index (χ3n) is 3.85. The molecule has 2 heterocycles. The number of fused-ring (bicyclic) bond motifs is 1. The van der Waals surface area contributed by atoms with Crippen LogP contribution in [-0.2, 0) is 13.1 Å². The zero-order valence-corrected chi connectivity index (χ0v) is 16.1. The van der Waals surface area contributed by atoms with Crippen LogP contribution in [0.1, 0.15) is 11.3 Å². The van der Waals surface area contributed by atoms with Crippen molar-refractivity contribution in [2.45, 2.75) is 13.1 Å². The number of rotatable bonds is 7. The van der Waals surface area contributed by atoms with E-state index in [9.17, 15) is 4.79 Å². The van der Waals surface area contributed by atoms with E-state index in [2.05, 4.69) is 32.4 Å². The average Bonchev–Trinajstić information content (AvgIpc) is 2.62. The molecular weight excluding hydrogens is 394 g/mol. The third kappa shape index (κ3) is 4.59. The topological polar surface area (TPSA) is 46.8 Å². The van der Waals surface area contributed by atoms with Crippen LogP contribution in [0.2, 0.25) is 0 Å². The van der Waals surface area contributed by atoms with Crippen LogP contribution >= 0.6 is 15.9 Å². The predicted octanol–water partition coefficient (Wildman–Crippen LogP) is 3.65. The largest absolute Gasteiger partial charge is 0.490 e. The average molecular weight is 414 g/mol. The van der Waals surface area contributed by atoms with Gasteiger partial charge in [0.1, 0.15) is 18.0 Å². The summed E-state index contributed by atoms with van der Waals surface area (Å²) in [7, 11) is 2.01. The number of nitrogens with zero attached hydrogens (tertiary/aromatic N) is 3. The zero-order valence-electron chi connectivity index (χ0n) is 14.6. The van der Waals surface area contributed by atoms with Crippen molar-refractivity contribution in [2.24, 2.45) is 0 Å². The minimum atomic E-state index is -0.0802. The van der Waals surface area contributed by atoms with E-state index in [4.69, 9.17) is 4.74 Å².